The van der Waals surface area contributed by atoms with Gasteiger partial charge in [0.25, 0.3) is 0 Å². The van der Waals surface area contributed by atoms with E-state index in [1.165, 1.54) is 34.9 Å². The molecule has 0 radical (unpaired) electrons. The fourth-order valence-corrected chi connectivity index (χ4v) is 5.09. The van der Waals surface area contributed by atoms with E-state index in [2.05, 4.69) is 21.6 Å². The summed E-state index contributed by atoms with van der Waals surface area (Å²) >= 11 is 0. The van der Waals surface area contributed by atoms with E-state index in [-0.39, 0.29) is 16.7 Å². The summed E-state index contributed by atoms with van der Waals surface area (Å²) in [5.74, 6) is -0.366. The lowest BCUT2D eigenvalue weighted by Gasteiger charge is -2.26. The first-order valence-electron chi connectivity index (χ1n) is 10.5. The standard InChI is InChI=1S/C21H26N4O5S/c26-19(22-11-10-16-4-2-1-3-5-16)21-24-23-20(30-21)17-6-8-18(9-7-17)31(27,28)25-12-14-29-15-13-25/h4,6-9H,1-3,5,10-15H2,(H,22,26). The number of hydrogen-bond donors (Lipinski definition) is 1. The highest BCUT2D eigenvalue weighted by Gasteiger charge is 2.26. The SMILES string of the molecule is O=C(NCCC1=CCCCC1)c1nnc(-c2ccc(S(=O)(=O)N3CCOCC3)cc2)o1. The number of carbonyl (C=O) groups excluding carboxylic acids is 1. The molecule has 10 heteroatoms. The molecule has 0 spiro atoms. The normalized spacial score (nSPS) is 17.9. The Labute approximate surface area is 181 Å². The highest BCUT2D eigenvalue weighted by molar-refractivity contribution is 7.89. The smallest absolute Gasteiger partial charge is 0.308 e. The second kappa shape index (κ2) is 9.71. The molecule has 1 aliphatic heterocycles. The number of ether oxygens (including phenoxy) is 1. The molecule has 4 rings (SSSR count). The van der Waals surface area contributed by atoms with E-state index in [0.717, 1.165) is 19.3 Å². The van der Waals surface area contributed by atoms with Crippen molar-refractivity contribution in [1.29, 1.82) is 0 Å². The average Bonchev–Trinajstić information content (AvgIpc) is 3.31. The largest absolute Gasteiger partial charge is 0.412 e. The van der Waals surface area contributed by atoms with Gasteiger partial charge >= 0.3 is 11.8 Å². The Kier molecular flexibility index (Phi) is 6.79. The molecular weight excluding hydrogens is 420 g/mol. The molecule has 2 aliphatic rings. The van der Waals surface area contributed by atoms with Gasteiger partial charge in [-0.3, -0.25) is 4.79 Å². The molecule has 31 heavy (non-hydrogen) atoms. The number of nitrogens with one attached hydrogen (secondary N) is 1. The number of rotatable bonds is 7. The predicted molar refractivity (Wildman–Crippen MR) is 113 cm³/mol. The molecule has 166 valence electrons. The monoisotopic (exact) mass is 446 g/mol. The molecule has 0 atom stereocenters. The van der Waals surface area contributed by atoms with Gasteiger partial charge in [-0.15, -0.1) is 10.2 Å². The molecule has 9 nitrogen and oxygen atoms in total. The molecule has 1 N–H and O–H groups in total. The molecule has 1 aromatic heterocycles. The van der Waals surface area contributed by atoms with Crippen LogP contribution in [0, 0.1) is 0 Å². The van der Waals surface area contributed by atoms with Gasteiger partial charge in [-0.2, -0.15) is 4.31 Å². The number of benzene rings is 1. The Balaban J connectivity index is 1.37. The number of carbonyl (C=O) groups is 1. The van der Waals surface area contributed by atoms with Crippen LogP contribution in [0.2, 0.25) is 0 Å². The number of aromatic nitrogens is 2. The van der Waals surface area contributed by atoms with Crippen molar-refractivity contribution >= 4 is 15.9 Å². The van der Waals surface area contributed by atoms with Gasteiger partial charge in [0, 0.05) is 25.2 Å². The number of allylic oxidation sites excluding steroid dienone is 1. The molecule has 1 aromatic carbocycles. The van der Waals surface area contributed by atoms with Gasteiger partial charge in [-0.1, -0.05) is 11.6 Å². The lowest BCUT2D eigenvalue weighted by atomic mass is 9.97. The van der Waals surface area contributed by atoms with E-state index in [9.17, 15) is 13.2 Å². The van der Waals surface area contributed by atoms with E-state index < -0.39 is 15.9 Å². The topological polar surface area (TPSA) is 115 Å². The molecule has 0 bridgehead atoms. The summed E-state index contributed by atoms with van der Waals surface area (Å²) in [4.78, 5) is 12.5. The summed E-state index contributed by atoms with van der Waals surface area (Å²) in [5, 5.41) is 10.5. The fraction of sp³-hybridized carbons (Fsp3) is 0.476. The number of amides is 1. The van der Waals surface area contributed by atoms with Gasteiger partial charge in [0.05, 0.1) is 18.1 Å². The van der Waals surface area contributed by atoms with E-state index >= 15 is 0 Å². The summed E-state index contributed by atoms with van der Waals surface area (Å²) in [6.45, 7) is 1.98. The maximum Gasteiger partial charge on any atom is 0.308 e. The van der Waals surface area contributed by atoms with Crippen molar-refractivity contribution in [2.24, 2.45) is 0 Å². The van der Waals surface area contributed by atoms with Gasteiger partial charge in [0.2, 0.25) is 15.9 Å². The first-order chi connectivity index (χ1) is 15.0. The third-order valence-corrected chi connectivity index (χ3v) is 7.36. The van der Waals surface area contributed by atoms with Crippen LogP contribution in [-0.4, -0.2) is 61.7 Å². The van der Waals surface area contributed by atoms with Crippen molar-refractivity contribution in [3.05, 3.63) is 41.8 Å². The predicted octanol–water partition coefficient (Wildman–Crippen LogP) is 2.38. The van der Waals surface area contributed by atoms with E-state index in [4.69, 9.17) is 9.15 Å². The number of sulfonamides is 1. The van der Waals surface area contributed by atoms with Crippen LogP contribution in [0.4, 0.5) is 0 Å². The van der Waals surface area contributed by atoms with Gasteiger partial charge in [0.1, 0.15) is 0 Å². The van der Waals surface area contributed by atoms with Crippen LogP contribution in [0.3, 0.4) is 0 Å². The number of morpholine rings is 1. The maximum atomic E-state index is 12.7. The number of nitrogens with zero attached hydrogens (tertiary/aromatic N) is 3. The zero-order chi connectivity index (χ0) is 21.7. The highest BCUT2D eigenvalue weighted by atomic mass is 32.2. The third-order valence-electron chi connectivity index (χ3n) is 5.45. The second-order valence-corrected chi connectivity index (χ2v) is 9.51. The molecule has 1 saturated heterocycles. The van der Waals surface area contributed by atoms with Crippen molar-refractivity contribution in [2.75, 3.05) is 32.8 Å². The molecule has 1 fully saturated rings. The second-order valence-electron chi connectivity index (χ2n) is 7.57. The minimum atomic E-state index is -3.57. The molecule has 1 aliphatic carbocycles. The van der Waals surface area contributed by atoms with E-state index in [0.29, 0.717) is 38.4 Å². The van der Waals surface area contributed by atoms with Gasteiger partial charge in [-0.05, 0) is 56.4 Å². The van der Waals surface area contributed by atoms with Crippen LogP contribution in [0.25, 0.3) is 11.5 Å². The van der Waals surface area contributed by atoms with Crippen molar-refractivity contribution in [2.45, 2.75) is 37.0 Å². The Morgan fingerprint density at radius 3 is 2.58 bits per heavy atom. The van der Waals surface area contributed by atoms with Crippen molar-refractivity contribution in [1.82, 2.24) is 19.8 Å². The minimum Gasteiger partial charge on any atom is -0.412 e. The van der Waals surface area contributed by atoms with Crippen LogP contribution in [-0.2, 0) is 14.8 Å². The lowest BCUT2D eigenvalue weighted by Crippen LogP contribution is -2.40. The minimum absolute atomic E-state index is 0.113. The van der Waals surface area contributed by atoms with Crippen molar-refractivity contribution in [3.8, 4) is 11.5 Å². The van der Waals surface area contributed by atoms with E-state index in [1.807, 2.05) is 0 Å². The summed E-state index contributed by atoms with van der Waals surface area (Å²) < 4.78 is 37.5. The summed E-state index contributed by atoms with van der Waals surface area (Å²) in [6.07, 6.45) is 7.73. The van der Waals surface area contributed by atoms with Crippen molar-refractivity contribution < 1.29 is 22.4 Å². The van der Waals surface area contributed by atoms with Crippen LogP contribution >= 0.6 is 0 Å². The zero-order valence-electron chi connectivity index (χ0n) is 17.2. The Hall–Kier alpha value is -2.56. The molecule has 2 heterocycles. The summed E-state index contributed by atoms with van der Waals surface area (Å²) in [5.41, 5.74) is 1.92. The molecule has 0 saturated carbocycles. The van der Waals surface area contributed by atoms with Crippen LogP contribution in [0.1, 0.15) is 42.8 Å². The summed E-state index contributed by atoms with van der Waals surface area (Å²) in [6, 6.07) is 6.19. The summed E-state index contributed by atoms with van der Waals surface area (Å²) in [7, 11) is -3.57. The maximum absolute atomic E-state index is 12.7. The Bertz CT molecular complexity index is 1040. The molecule has 1 amide bonds. The van der Waals surface area contributed by atoms with E-state index in [1.54, 1.807) is 12.1 Å². The van der Waals surface area contributed by atoms with Crippen LogP contribution in [0.15, 0.2) is 45.2 Å². The molecule has 2 aromatic rings. The fourth-order valence-electron chi connectivity index (χ4n) is 3.68. The zero-order valence-corrected chi connectivity index (χ0v) is 18.1. The molecular formula is C21H26N4O5S. The van der Waals surface area contributed by atoms with Gasteiger partial charge in [-0.25, -0.2) is 8.42 Å². The first-order valence-corrected chi connectivity index (χ1v) is 12.0. The lowest BCUT2D eigenvalue weighted by molar-refractivity contribution is 0.0730. The highest BCUT2D eigenvalue weighted by Crippen LogP contribution is 2.23. The van der Waals surface area contributed by atoms with Crippen LogP contribution in [0.5, 0.6) is 0 Å². The Morgan fingerprint density at radius 1 is 1.10 bits per heavy atom. The Morgan fingerprint density at radius 2 is 1.87 bits per heavy atom. The third kappa shape index (κ3) is 5.20. The number of hydrogen-bond acceptors (Lipinski definition) is 7. The van der Waals surface area contributed by atoms with Gasteiger partial charge in [0.15, 0.2) is 0 Å². The van der Waals surface area contributed by atoms with Crippen molar-refractivity contribution in [3.63, 3.8) is 0 Å². The first kappa shape index (κ1) is 21.7. The quantitative estimate of drug-likeness (QED) is 0.649. The van der Waals surface area contributed by atoms with Gasteiger partial charge < -0.3 is 14.5 Å². The van der Waals surface area contributed by atoms with Crippen LogP contribution < -0.4 is 5.32 Å². The average molecular weight is 447 g/mol. The molecule has 0 unspecified atom stereocenters.